The van der Waals surface area contributed by atoms with Crippen LogP contribution in [0.1, 0.15) is 13.8 Å². The summed E-state index contributed by atoms with van der Waals surface area (Å²) in [5.41, 5.74) is 0.940. The number of ether oxygens (including phenoxy) is 1. The van der Waals surface area contributed by atoms with Crippen LogP contribution in [0.15, 0.2) is 41.4 Å². The molecule has 2 aromatic rings. The van der Waals surface area contributed by atoms with Crippen LogP contribution in [0.5, 0.6) is 5.75 Å². The molecule has 0 bridgehead atoms. The molecule has 0 fully saturated rings. The zero-order valence-electron chi connectivity index (χ0n) is 13.8. The SMILES string of the molecule is CCN(CC)c1ccc(NS(=O)(=O)c2ccc(OC)c(Cl)c2)nc1. The van der Waals surface area contributed by atoms with Crippen molar-refractivity contribution in [1.29, 1.82) is 0 Å². The highest BCUT2D eigenvalue weighted by atomic mass is 35.5. The highest BCUT2D eigenvalue weighted by Crippen LogP contribution is 2.27. The van der Waals surface area contributed by atoms with Crippen molar-refractivity contribution < 1.29 is 13.2 Å². The van der Waals surface area contributed by atoms with E-state index >= 15 is 0 Å². The highest BCUT2D eigenvalue weighted by molar-refractivity contribution is 7.92. The summed E-state index contributed by atoms with van der Waals surface area (Å²) in [4.78, 5) is 6.34. The van der Waals surface area contributed by atoms with Crippen LogP contribution >= 0.6 is 11.6 Å². The number of rotatable bonds is 7. The van der Waals surface area contributed by atoms with Crippen LogP contribution in [-0.4, -0.2) is 33.6 Å². The predicted octanol–water partition coefficient (Wildman–Crippen LogP) is 3.39. The number of nitrogens with one attached hydrogen (secondary N) is 1. The van der Waals surface area contributed by atoms with E-state index in [2.05, 4.69) is 14.6 Å². The van der Waals surface area contributed by atoms with E-state index in [0.717, 1.165) is 18.8 Å². The number of hydrogen-bond acceptors (Lipinski definition) is 5. The Morgan fingerprint density at radius 1 is 1.21 bits per heavy atom. The Hall–Kier alpha value is -1.99. The van der Waals surface area contributed by atoms with E-state index in [4.69, 9.17) is 16.3 Å². The fraction of sp³-hybridized carbons (Fsp3) is 0.312. The summed E-state index contributed by atoms with van der Waals surface area (Å²) in [7, 11) is -2.30. The van der Waals surface area contributed by atoms with E-state index in [1.165, 1.54) is 25.3 Å². The predicted molar refractivity (Wildman–Crippen MR) is 96.6 cm³/mol. The number of halogens is 1. The van der Waals surface area contributed by atoms with Gasteiger partial charge < -0.3 is 9.64 Å². The van der Waals surface area contributed by atoms with Crippen LogP contribution in [-0.2, 0) is 10.0 Å². The summed E-state index contributed by atoms with van der Waals surface area (Å²) in [6.45, 7) is 5.81. The molecule has 0 unspecified atom stereocenters. The molecule has 0 aliphatic carbocycles. The molecule has 0 radical (unpaired) electrons. The quantitative estimate of drug-likeness (QED) is 0.809. The first kappa shape index (κ1) is 18.4. The van der Waals surface area contributed by atoms with E-state index in [9.17, 15) is 8.42 Å². The summed E-state index contributed by atoms with van der Waals surface area (Å²) in [6.07, 6.45) is 1.64. The lowest BCUT2D eigenvalue weighted by Gasteiger charge is -2.20. The molecule has 1 aromatic carbocycles. The molecule has 0 spiro atoms. The van der Waals surface area contributed by atoms with Gasteiger partial charge in [0.15, 0.2) is 0 Å². The lowest BCUT2D eigenvalue weighted by molar-refractivity contribution is 0.414. The standard InChI is InChI=1S/C16H20ClN3O3S/c1-4-20(5-2)12-6-9-16(18-11-12)19-24(21,22)13-7-8-15(23-3)14(17)10-13/h6-11H,4-5H2,1-3H3,(H,18,19). The Morgan fingerprint density at radius 2 is 1.92 bits per heavy atom. The lowest BCUT2D eigenvalue weighted by Crippen LogP contribution is -2.22. The van der Waals surface area contributed by atoms with E-state index in [1.54, 1.807) is 12.3 Å². The monoisotopic (exact) mass is 369 g/mol. The van der Waals surface area contributed by atoms with Gasteiger partial charge in [-0.15, -0.1) is 0 Å². The minimum Gasteiger partial charge on any atom is -0.495 e. The average Bonchev–Trinajstić information content (AvgIpc) is 2.57. The third-order valence-corrected chi connectivity index (χ3v) is 5.20. The van der Waals surface area contributed by atoms with Crippen molar-refractivity contribution in [2.24, 2.45) is 0 Å². The minimum atomic E-state index is -3.77. The number of benzene rings is 1. The molecule has 8 heteroatoms. The van der Waals surface area contributed by atoms with Crippen molar-refractivity contribution in [2.45, 2.75) is 18.7 Å². The van der Waals surface area contributed by atoms with Crippen molar-refractivity contribution >= 4 is 33.1 Å². The van der Waals surface area contributed by atoms with Gasteiger partial charge in [0.2, 0.25) is 0 Å². The fourth-order valence-corrected chi connectivity index (χ4v) is 3.59. The second-order valence-electron chi connectivity index (χ2n) is 4.98. The molecule has 2 rings (SSSR count). The first-order valence-corrected chi connectivity index (χ1v) is 9.34. The van der Waals surface area contributed by atoms with Gasteiger partial charge in [0, 0.05) is 13.1 Å². The molecular weight excluding hydrogens is 350 g/mol. The zero-order chi connectivity index (χ0) is 17.7. The normalized spacial score (nSPS) is 11.2. The van der Waals surface area contributed by atoms with E-state index < -0.39 is 10.0 Å². The van der Waals surface area contributed by atoms with Crippen molar-refractivity contribution in [3.63, 3.8) is 0 Å². The highest BCUT2D eigenvalue weighted by Gasteiger charge is 2.17. The van der Waals surface area contributed by atoms with E-state index in [0.29, 0.717) is 5.75 Å². The second-order valence-corrected chi connectivity index (χ2v) is 7.07. The van der Waals surface area contributed by atoms with Crippen molar-refractivity contribution in [1.82, 2.24) is 4.98 Å². The molecule has 130 valence electrons. The van der Waals surface area contributed by atoms with Gasteiger partial charge in [0.05, 0.1) is 28.9 Å². The van der Waals surface area contributed by atoms with E-state index in [-0.39, 0.29) is 15.7 Å². The Bertz CT molecular complexity index is 791. The Morgan fingerprint density at radius 3 is 2.42 bits per heavy atom. The van der Waals surface area contributed by atoms with Gasteiger partial charge >= 0.3 is 0 Å². The van der Waals surface area contributed by atoms with Crippen molar-refractivity contribution in [3.05, 3.63) is 41.6 Å². The molecular formula is C16H20ClN3O3S. The van der Waals surface area contributed by atoms with Crippen molar-refractivity contribution in [2.75, 3.05) is 29.8 Å². The van der Waals surface area contributed by atoms with E-state index in [1.807, 2.05) is 19.9 Å². The summed E-state index contributed by atoms with van der Waals surface area (Å²) in [6, 6.07) is 7.74. The topological polar surface area (TPSA) is 71.5 Å². The number of pyridine rings is 1. The molecule has 1 aromatic heterocycles. The van der Waals surface area contributed by atoms with Gasteiger partial charge in [-0.2, -0.15) is 0 Å². The number of methoxy groups -OCH3 is 1. The second kappa shape index (κ2) is 7.72. The summed E-state index contributed by atoms with van der Waals surface area (Å²) >= 11 is 5.99. The average molecular weight is 370 g/mol. The first-order valence-electron chi connectivity index (χ1n) is 7.48. The molecule has 1 N–H and O–H groups in total. The van der Waals surface area contributed by atoms with Crippen molar-refractivity contribution in [3.8, 4) is 5.75 Å². The summed E-state index contributed by atoms with van der Waals surface area (Å²) < 4.78 is 32.3. The Labute approximate surface area is 147 Å². The number of sulfonamides is 1. The largest absolute Gasteiger partial charge is 0.495 e. The van der Waals surface area contributed by atoms with Gasteiger partial charge in [-0.1, -0.05) is 11.6 Å². The number of nitrogens with zero attached hydrogens (tertiary/aromatic N) is 2. The molecule has 0 saturated heterocycles. The van der Waals surface area contributed by atoms with Crippen LogP contribution in [0.2, 0.25) is 5.02 Å². The smallest absolute Gasteiger partial charge is 0.263 e. The molecule has 0 aliphatic heterocycles. The maximum atomic E-state index is 12.4. The molecule has 0 aliphatic rings. The molecule has 0 atom stereocenters. The number of anilines is 2. The Balaban J connectivity index is 2.21. The van der Waals surface area contributed by atoms with Gasteiger partial charge in [0.1, 0.15) is 11.6 Å². The van der Waals surface area contributed by atoms with Crippen LogP contribution in [0.4, 0.5) is 11.5 Å². The van der Waals surface area contributed by atoms with Gasteiger partial charge in [0.25, 0.3) is 10.0 Å². The Kier molecular flexibility index (Phi) is 5.90. The maximum absolute atomic E-state index is 12.4. The summed E-state index contributed by atoms with van der Waals surface area (Å²) in [5.74, 6) is 0.662. The van der Waals surface area contributed by atoms with Crippen LogP contribution in [0.25, 0.3) is 0 Å². The van der Waals surface area contributed by atoms with Gasteiger partial charge in [-0.05, 0) is 44.2 Å². The summed E-state index contributed by atoms with van der Waals surface area (Å²) in [5, 5.41) is 0.227. The van der Waals surface area contributed by atoms with Crippen LogP contribution < -0.4 is 14.4 Å². The zero-order valence-corrected chi connectivity index (χ0v) is 15.4. The molecule has 24 heavy (non-hydrogen) atoms. The fourth-order valence-electron chi connectivity index (χ4n) is 2.23. The lowest BCUT2D eigenvalue weighted by atomic mass is 10.3. The van der Waals surface area contributed by atoms with Gasteiger partial charge in [-0.3, -0.25) is 4.72 Å². The minimum absolute atomic E-state index is 0.0444. The van der Waals surface area contributed by atoms with Gasteiger partial charge in [-0.25, -0.2) is 13.4 Å². The number of aromatic nitrogens is 1. The third kappa shape index (κ3) is 4.10. The molecule has 0 saturated carbocycles. The molecule has 1 heterocycles. The third-order valence-electron chi connectivity index (χ3n) is 3.55. The van der Waals surface area contributed by atoms with Crippen LogP contribution in [0.3, 0.4) is 0 Å². The first-order chi connectivity index (χ1) is 11.4. The molecule has 6 nitrogen and oxygen atoms in total. The number of hydrogen-bond donors (Lipinski definition) is 1. The van der Waals surface area contributed by atoms with Crippen LogP contribution in [0, 0.1) is 0 Å². The maximum Gasteiger partial charge on any atom is 0.263 e. The molecule has 0 amide bonds.